The smallest absolute Gasteiger partial charge is 0.148 e. The molecule has 0 saturated carbocycles. The first kappa shape index (κ1) is 7.48. The van der Waals surface area contributed by atoms with Crippen LogP contribution in [-0.2, 0) is 13.1 Å². The van der Waals surface area contributed by atoms with Crippen LogP contribution in [0.15, 0.2) is 0 Å². The van der Waals surface area contributed by atoms with Crippen LogP contribution in [-0.4, -0.2) is 21.0 Å². The van der Waals surface area contributed by atoms with Gasteiger partial charge in [-0.05, 0) is 29.5 Å². The highest BCUT2D eigenvalue weighted by molar-refractivity contribution is 14.1. The number of halogens is 1. The summed E-state index contributed by atoms with van der Waals surface area (Å²) in [6.45, 7) is 3.98. The fourth-order valence-corrected chi connectivity index (χ4v) is 1.78. The van der Waals surface area contributed by atoms with E-state index in [1.165, 1.54) is 5.69 Å². The lowest BCUT2D eigenvalue weighted by atomic mass is 10.2. The molecule has 1 atom stereocenters. The van der Waals surface area contributed by atoms with Crippen molar-refractivity contribution >= 4 is 22.6 Å². The molecule has 0 fully saturated rings. The molecule has 1 aromatic rings. The molecule has 0 bridgehead atoms. The Hall–Kier alpha value is -0.170. The van der Waals surface area contributed by atoms with Crippen LogP contribution in [0.3, 0.4) is 0 Å². The maximum Gasteiger partial charge on any atom is 0.148 e. The van der Waals surface area contributed by atoms with Gasteiger partial charge < -0.3 is 5.32 Å². The molecule has 60 valence electrons. The molecule has 0 amide bonds. The second kappa shape index (κ2) is 2.71. The summed E-state index contributed by atoms with van der Waals surface area (Å²) in [5, 5.41) is 11.4. The molecule has 1 N–H and O–H groups in total. The Bertz CT molecular complexity index is 270. The Balaban J connectivity index is 2.36. The van der Waals surface area contributed by atoms with E-state index >= 15 is 0 Å². The fourth-order valence-electron chi connectivity index (χ4n) is 1.22. The maximum absolute atomic E-state index is 4.03. The molecule has 1 unspecified atom stereocenters. The maximum atomic E-state index is 4.03. The quantitative estimate of drug-likeness (QED) is 0.689. The third-order valence-electron chi connectivity index (χ3n) is 1.85. The topological polar surface area (TPSA) is 42.7 Å². The van der Waals surface area contributed by atoms with Crippen LogP contribution < -0.4 is 5.32 Å². The zero-order valence-corrected chi connectivity index (χ0v) is 8.37. The molecule has 2 heterocycles. The van der Waals surface area contributed by atoms with Gasteiger partial charge in [-0.3, -0.25) is 0 Å². The van der Waals surface area contributed by atoms with Crippen LogP contribution in [0.25, 0.3) is 0 Å². The lowest BCUT2D eigenvalue weighted by molar-refractivity contribution is 0.384. The molecular weight excluding hydrogens is 255 g/mol. The Kier molecular flexibility index (Phi) is 1.84. The molecule has 5 heteroatoms. The zero-order valence-electron chi connectivity index (χ0n) is 6.21. The van der Waals surface area contributed by atoms with Gasteiger partial charge in [0.2, 0.25) is 0 Å². The number of hydrogen-bond acceptors (Lipinski definition) is 3. The molecule has 0 saturated heterocycles. The van der Waals surface area contributed by atoms with Crippen molar-refractivity contribution in [3.63, 3.8) is 0 Å². The van der Waals surface area contributed by atoms with Crippen LogP contribution in [0.5, 0.6) is 0 Å². The minimum atomic E-state index is 0.514. The number of nitrogens with one attached hydrogen (secondary N) is 1. The molecule has 4 nitrogen and oxygen atoms in total. The van der Waals surface area contributed by atoms with Gasteiger partial charge in [0.15, 0.2) is 0 Å². The summed E-state index contributed by atoms with van der Waals surface area (Å²) in [5.74, 6) is 0. The molecular formula is C6H9IN4. The van der Waals surface area contributed by atoms with E-state index in [2.05, 4.69) is 45.1 Å². The van der Waals surface area contributed by atoms with Gasteiger partial charge in [0.1, 0.15) is 3.70 Å². The van der Waals surface area contributed by atoms with E-state index < -0.39 is 0 Å². The van der Waals surface area contributed by atoms with Crippen molar-refractivity contribution in [3.05, 3.63) is 9.39 Å². The first-order valence-electron chi connectivity index (χ1n) is 3.58. The molecule has 1 aliphatic heterocycles. The van der Waals surface area contributed by atoms with Crippen LogP contribution in [0.2, 0.25) is 0 Å². The summed E-state index contributed by atoms with van der Waals surface area (Å²) in [5.41, 5.74) is 1.21. The second-order valence-electron chi connectivity index (χ2n) is 2.79. The van der Waals surface area contributed by atoms with Gasteiger partial charge in [0.25, 0.3) is 0 Å². The van der Waals surface area contributed by atoms with Crippen molar-refractivity contribution in [3.8, 4) is 0 Å². The third-order valence-corrected chi connectivity index (χ3v) is 2.69. The van der Waals surface area contributed by atoms with Gasteiger partial charge >= 0.3 is 0 Å². The minimum absolute atomic E-state index is 0.514. The normalized spacial score (nSPS) is 23.3. The summed E-state index contributed by atoms with van der Waals surface area (Å²) >= 11 is 2.21. The van der Waals surface area contributed by atoms with E-state index in [1.54, 1.807) is 0 Å². The predicted octanol–water partition coefficient (Wildman–Crippen LogP) is 0.374. The van der Waals surface area contributed by atoms with Gasteiger partial charge in [-0.1, -0.05) is 5.21 Å². The van der Waals surface area contributed by atoms with Crippen LogP contribution in [0, 0.1) is 3.70 Å². The van der Waals surface area contributed by atoms with Gasteiger partial charge in [-0.25, -0.2) is 4.68 Å². The number of rotatable bonds is 0. The fraction of sp³-hybridized carbons (Fsp3) is 0.667. The van der Waals surface area contributed by atoms with Gasteiger partial charge in [0, 0.05) is 12.6 Å². The lowest BCUT2D eigenvalue weighted by Crippen LogP contribution is -2.36. The van der Waals surface area contributed by atoms with Crippen molar-refractivity contribution in [2.75, 3.05) is 0 Å². The van der Waals surface area contributed by atoms with Crippen molar-refractivity contribution in [2.24, 2.45) is 0 Å². The Morgan fingerprint density at radius 2 is 2.55 bits per heavy atom. The summed E-state index contributed by atoms with van der Waals surface area (Å²) in [4.78, 5) is 0. The average Bonchev–Trinajstić information content (AvgIpc) is 2.32. The Labute approximate surface area is 78.5 Å². The molecule has 1 aromatic heterocycles. The Morgan fingerprint density at radius 1 is 1.73 bits per heavy atom. The van der Waals surface area contributed by atoms with Crippen molar-refractivity contribution < 1.29 is 0 Å². The highest BCUT2D eigenvalue weighted by Gasteiger charge is 2.17. The highest BCUT2D eigenvalue weighted by Crippen LogP contribution is 2.12. The van der Waals surface area contributed by atoms with Crippen LogP contribution in [0.4, 0.5) is 0 Å². The van der Waals surface area contributed by atoms with E-state index in [-0.39, 0.29) is 0 Å². The molecule has 2 rings (SSSR count). The number of aromatic nitrogens is 3. The SMILES string of the molecule is CC1Cn2nnc(I)c2CN1. The van der Waals surface area contributed by atoms with Gasteiger partial charge in [-0.2, -0.15) is 0 Å². The zero-order chi connectivity index (χ0) is 7.84. The van der Waals surface area contributed by atoms with Gasteiger partial charge in [0.05, 0.1) is 12.2 Å². The summed E-state index contributed by atoms with van der Waals surface area (Å²) in [6.07, 6.45) is 0. The first-order valence-corrected chi connectivity index (χ1v) is 4.66. The Morgan fingerprint density at radius 3 is 3.36 bits per heavy atom. The number of hydrogen-bond donors (Lipinski definition) is 1. The van der Waals surface area contributed by atoms with Gasteiger partial charge in [-0.15, -0.1) is 5.10 Å². The van der Waals surface area contributed by atoms with E-state index in [0.717, 1.165) is 16.8 Å². The summed E-state index contributed by atoms with van der Waals surface area (Å²) in [6, 6.07) is 0.514. The summed E-state index contributed by atoms with van der Waals surface area (Å²) < 4.78 is 2.99. The van der Waals surface area contributed by atoms with E-state index in [1.807, 2.05) is 4.68 Å². The molecule has 0 spiro atoms. The van der Waals surface area contributed by atoms with Crippen molar-refractivity contribution in [1.82, 2.24) is 20.3 Å². The lowest BCUT2D eigenvalue weighted by Gasteiger charge is -2.20. The first-order chi connectivity index (χ1) is 5.27. The second-order valence-corrected chi connectivity index (χ2v) is 3.81. The number of fused-ring (bicyclic) bond motifs is 1. The monoisotopic (exact) mass is 264 g/mol. The minimum Gasteiger partial charge on any atom is -0.307 e. The molecule has 0 radical (unpaired) electrons. The molecule has 0 aliphatic carbocycles. The van der Waals surface area contributed by atoms with E-state index in [4.69, 9.17) is 0 Å². The van der Waals surface area contributed by atoms with E-state index in [0.29, 0.717) is 6.04 Å². The van der Waals surface area contributed by atoms with Crippen molar-refractivity contribution in [2.45, 2.75) is 26.1 Å². The highest BCUT2D eigenvalue weighted by atomic mass is 127. The standard InChI is InChI=1S/C6H9IN4/c1-4-3-11-5(2-8-4)6(7)9-10-11/h4,8H,2-3H2,1H3. The predicted molar refractivity (Wildman–Crippen MR) is 49.0 cm³/mol. The average molecular weight is 264 g/mol. The van der Waals surface area contributed by atoms with E-state index in [9.17, 15) is 0 Å². The largest absolute Gasteiger partial charge is 0.307 e. The molecule has 1 aliphatic rings. The number of nitrogens with zero attached hydrogens (tertiary/aromatic N) is 3. The summed E-state index contributed by atoms with van der Waals surface area (Å²) in [7, 11) is 0. The molecule has 11 heavy (non-hydrogen) atoms. The third kappa shape index (κ3) is 1.26. The van der Waals surface area contributed by atoms with Crippen molar-refractivity contribution in [1.29, 1.82) is 0 Å². The van der Waals surface area contributed by atoms with Crippen LogP contribution in [0.1, 0.15) is 12.6 Å². The molecule has 0 aromatic carbocycles. The van der Waals surface area contributed by atoms with Crippen LogP contribution >= 0.6 is 22.6 Å².